The van der Waals surface area contributed by atoms with Crippen molar-refractivity contribution >= 4 is 11.8 Å². The quantitative estimate of drug-likeness (QED) is 0.812. The second-order valence-corrected chi connectivity index (χ2v) is 6.10. The second-order valence-electron chi connectivity index (χ2n) is 6.10. The van der Waals surface area contributed by atoms with E-state index in [1.807, 2.05) is 37.3 Å². The average Bonchev–Trinajstić information content (AvgIpc) is 2.54. The Bertz CT molecular complexity index is 729. The molecule has 0 aliphatic rings. The summed E-state index contributed by atoms with van der Waals surface area (Å²) in [6, 6.07) is 13.7. The van der Waals surface area contributed by atoms with Gasteiger partial charge in [0.1, 0.15) is 5.82 Å². The van der Waals surface area contributed by atoms with E-state index in [1.54, 1.807) is 6.07 Å². The first-order valence-electron chi connectivity index (χ1n) is 8.29. The van der Waals surface area contributed by atoms with Gasteiger partial charge in [0.15, 0.2) is 0 Å². The summed E-state index contributed by atoms with van der Waals surface area (Å²) in [5.41, 5.74) is 2.84. The van der Waals surface area contributed by atoms with Gasteiger partial charge in [-0.1, -0.05) is 42.0 Å². The first kappa shape index (κ1) is 18.6. The van der Waals surface area contributed by atoms with Gasteiger partial charge < -0.3 is 10.6 Å². The molecule has 2 N–H and O–H groups in total. The number of aryl methyl sites for hydroxylation is 1. The number of halogens is 1. The lowest BCUT2D eigenvalue weighted by Gasteiger charge is -2.18. The molecule has 0 radical (unpaired) electrons. The summed E-state index contributed by atoms with van der Waals surface area (Å²) < 4.78 is 13.1. The fourth-order valence-corrected chi connectivity index (χ4v) is 2.59. The van der Waals surface area contributed by atoms with Gasteiger partial charge in [0.25, 0.3) is 0 Å². The zero-order chi connectivity index (χ0) is 18.2. The van der Waals surface area contributed by atoms with Crippen LogP contribution in [0, 0.1) is 12.7 Å². The minimum absolute atomic E-state index is 0.157. The Morgan fingerprint density at radius 2 is 1.84 bits per heavy atom. The molecule has 2 aromatic rings. The van der Waals surface area contributed by atoms with Crippen LogP contribution in [-0.4, -0.2) is 18.4 Å². The third-order valence-electron chi connectivity index (χ3n) is 3.87. The molecule has 0 saturated carbocycles. The molecule has 5 heteroatoms. The maximum Gasteiger partial charge on any atom is 0.222 e. The van der Waals surface area contributed by atoms with E-state index in [1.165, 1.54) is 19.1 Å². The number of carbonyl (C=O) groups is 2. The lowest BCUT2D eigenvalue weighted by molar-refractivity contribution is -0.122. The molecule has 0 spiro atoms. The fraction of sp³-hybridized carbons (Fsp3) is 0.300. The van der Waals surface area contributed by atoms with Crippen molar-refractivity contribution in [1.82, 2.24) is 10.6 Å². The van der Waals surface area contributed by atoms with Crippen LogP contribution in [-0.2, 0) is 16.0 Å². The maximum atomic E-state index is 13.1. The predicted molar refractivity (Wildman–Crippen MR) is 95.5 cm³/mol. The number of nitrogens with one attached hydrogen (secondary N) is 2. The van der Waals surface area contributed by atoms with Gasteiger partial charge in [-0.15, -0.1) is 0 Å². The highest BCUT2D eigenvalue weighted by molar-refractivity contribution is 5.79. The Morgan fingerprint density at radius 3 is 2.48 bits per heavy atom. The standard InChI is InChI=1S/C20H23FN2O2/c1-14-6-8-17(9-7-14)19(23-15(2)24)13-20(25)22-11-10-16-4-3-5-18(21)12-16/h3-9,12,19H,10-11,13H2,1-2H3,(H,22,25)(H,23,24)/t19-/m1/s1. The van der Waals surface area contributed by atoms with E-state index in [0.29, 0.717) is 13.0 Å². The van der Waals surface area contributed by atoms with Gasteiger partial charge in [0.2, 0.25) is 11.8 Å². The number of hydrogen-bond donors (Lipinski definition) is 2. The highest BCUT2D eigenvalue weighted by Crippen LogP contribution is 2.17. The van der Waals surface area contributed by atoms with Crippen LogP contribution in [0.25, 0.3) is 0 Å². The third-order valence-corrected chi connectivity index (χ3v) is 3.87. The summed E-state index contributed by atoms with van der Waals surface area (Å²) in [5, 5.41) is 5.64. The highest BCUT2D eigenvalue weighted by atomic mass is 19.1. The Labute approximate surface area is 147 Å². The Hall–Kier alpha value is -2.69. The lowest BCUT2D eigenvalue weighted by atomic mass is 10.0. The summed E-state index contributed by atoms with van der Waals surface area (Å²) in [4.78, 5) is 23.6. The van der Waals surface area contributed by atoms with Crippen molar-refractivity contribution in [2.24, 2.45) is 0 Å². The van der Waals surface area contributed by atoms with Gasteiger partial charge >= 0.3 is 0 Å². The van der Waals surface area contributed by atoms with E-state index < -0.39 is 0 Å². The number of carbonyl (C=O) groups excluding carboxylic acids is 2. The monoisotopic (exact) mass is 342 g/mol. The molecular weight excluding hydrogens is 319 g/mol. The molecule has 0 unspecified atom stereocenters. The van der Waals surface area contributed by atoms with Crippen LogP contribution >= 0.6 is 0 Å². The van der Waals surface area contributed by atoms with Gasteiger partial charge in [-0.3, -0.25) is 9.59 Å². The molecule has 0 saturated heterocycles. The fourth-order valence-electron chi connectivity index (χ4n) is 2.59. The topological polar surface area (TPSA) is 58.2 Å². The van der Waals surface area contributed by atoms with Crippen molar-refractivity contribution < 1.29 is 14.0 Å². The molecule has 2 aromatic carbocycles. The minimum Gasteiger partial charge on any atom is -0.356 e. The van der Waals surface area contributed by atoms with Crippen molar-refractivity contribution in [3.63, 3.8) is 0 Å². The third kappa shape index (κ3) is 6.37. The molecule has 4 nitrogen and oxygen atoms in total. The van der Waals surface area contributed by atoms with Gasteiger partial charge in [-0.05, 0) is 36.6 Å². The molecule has 2 rings (SSSR count). The predicted octanol–water partition coefficient (Wildman–Crippen LogP) is 3.06. The minimum atomic E-state index is -0.368. The first-order valence-corrected chi connectivity index (χ1v) is 8.29. The Kier molecular flexibility index (Phi) is 6.69. The molecule has 0 heterocycles. The van der Waals surface area contributed by atoms with Crippen molar-refractivity contribution in [3.8, 4) is 0 Å². The SMILES string of the molecule is CC(=O)N[C@H](CC(=O)NCCc1cccc(F)c1)c1ccc(C)cc1. The highest BCUT2D eigenvalue weighted by Gasteiger charge is 2.16. The zero-order valence-electron chi connectivity index (χ0n) is 14.5. The van der Waals surface area contributed by atoms with Gasteiger partial charge in [0.05, 0.1) is 12.5 Å². The molecule has 0 fully saturated rings. The molecule has 0 aromatic heterocycles. The van der Waals surface area contributed by atoms with E-state index in [2.05, 4.69) is 10.6 Å². The van der Waals surface area contributed by atoms with Crippen LogP contribution in [0.2, 0.25) is 0 Å². The van der Waals surface area contributed by atoms with E-state index in [-0.39, 0.29) is 30.1 Å². The largest absolute Gasteiger partial charge is 0.356 e. The average molecular weight is 342 g/mol. The lowest BCUT2D eigenvalue weighted by Crippen LogP contribution is -2.33. The summed E-state index contributed by atoms with van der Waals surface area (Å²) in [6.45, 7) is 3.84. The van der Waals surface area contributed by atoms with Crippen molar-refractivity contribution in [3.05, 3.63) is 71.0 Å². The molecule has 132 valence electrons. The maximum absolute atomic E-state index is 13.1. The smallest absolute Gasteiger partial charge is 0.222 e. The van der Waals surface area contributed by atoms with Crippen LogP contribution in [0.1, 0.15) is 36.1 Å². The molecule has 0 bridgehead atoms. The van der Waals surface area contributed by atoms with Crippen molar-refractivity contribution in [2.45, 2.75) is 32.7 Å². The van der Waals surface area contributed by atoms with E-state index in [0.717, 1.165) is 16.7 Å². The molecule has 0 aliphatic carbocycles. The van der Waals surface area contributed by atoms with Crippen LogP contribution < -0.4 is 10.6 Å². The van der Waals surface area contributed by atoms with E-state index >= 15 is 0 Å². The first-order chi connectivity index (χ1) is 11.9. The normalized spacial score (nSPS) is 11.6. The Balaban J connectivity index is 1.90. The van der Waals surface area contributed by atoms with E-state index in [9.17, 15) is 14.0 Å². The van der Waals surface area contributed by atoms with Crippen LogP contribution in [0.5, 0.6) is 0 Å². The van der Waals surface area contributed by atoms with Crippen molar-refractivity contribution in [1.29, 1.82) is 0 Å². The van der Waals surface area contributed by atoms with Gasteiger partial charge in [-0.25, -0.2) is 4.39 Å². The number of amides is 2. The summed E-state index contributed by atoms with van der Waals surface area (Å²) >= 11 is 0. The van der Waals surface area contributed by atoms with Gasteiger partial charge in [0, 0.05) is 13.5 Å². The zero-order valence-corrected chi connectivity index (χ0v) is 14.5. The molecule has 2 amide bonds. The van der Waals surface area contributed by atoms with Gasteiger partial charge in [-0.2, -0.15) is 0 Å². The summed E-state index contributed by atoms with van der Waals surface area (Å²) in [7, 11) is 0. The van der Waals surface area contributed by atoms with E-state index in [4.69, 9.17) is 0 Å². The number of benzene rings is 2. The second kappa shape index (κ2) is 8.97. The van der Waals surface area contributed by atoms with Crippen LogP contribution in [0.3, 0.4) is 0 Å². The number of hydrogen-bond acceptors (Lipinski definition) is 2. The molecular formula is C20H23FN2O2. The van der Waals surface area contributed by atoms with Crippen LogP contribution in [0.15, 0.2) is 48.5 Å². The molecule has 25 heavy (non-hydrogen) atoms. The molecule has 0 aliphatic heterocycles. The van der Waals surface area contributed by atoms with Crippen LogP contribution in [0.4, 0.5) is 4.39 Å². The summed E-state index contributed by atoms with van der Waals surface area (Å²) in [5.74, 6) is -0.622. The summed E-state index contributed by atoms with van der Waals surface area (Å²) in [6.07, 6.45) is 0.713. The number of rotatable bonds is 7. The molecule has 1 atom stereocenters. The van der Waals surface area contributed by atoms with Crippen molar-refractivity contribution in [2.75, 3.05) is 6.54 Å². The Morgan fingerprint density at radius 1 is 1.12 bits per heavy atom.